The summed E-state index contributed by atoms with van der Waals surface area (Å²) in [4.78, 5) is 0. The average molecular weight is 475 g/mol. The van der Waals surface area contributed by atoms with Crippen LogP contribution in [0.15, 0.2) is 0 Å². The summed E-state index contributed by atoms with van der Waals surface area (Å²) >= 11 is 0. The standard InChI is InChI=1S/C25H54O4Si2/c1-20(29-31(12,13)24(5,6)7)17-15-14-16-18-21-22(28-25(8,9)27-21)19-26-30(10,11)23(2,3)4/h20-22H,14-19H2,1-13H3/t20-,21+,22-/m0/s1. The maximum atomic E-state index is 6.50. The van der Waals surface area contributed by atoms with Gasteiger partial charge in [0.25, 0.3) is 0 Å². The zero-order valence-electron chi connectivity index (χ0n) is 23.1. The molecule has 0 aromatic carbocycles. The fourth-order valence-electron chi connectivity index (χ4n) is 3.49. The quantitative estimate of drug-likeness (QED) is 0.225. The number of unbranched alkanes of at least 4 members (excludes halogenated alkanes) is 2. The van der Waals surface area contributed by atoms with Gasteiger partial charge in [-0.2, -0.15) is 0 Å². The highest BCUT2D eigenvalue weighted by atomic mass is 28.4. The Morgan fingerprint density at radius 3 is 1.84 bits per heavy atom. The van der Waals surface area contributed by atoms with Crippen molar-refractivity contribution in [2.45, 2.75) is 155 Å². The van der Waals surface area contributed by atoms with E-state index in [0.29, 0.717) is 12.7 Å². The molecule has 1 aliphatic rings. The summed E-state index contributed by atoms with van der Waals surface area (Å²) in [5.74, 6) is -0.516. The van der Waals surface area contributed by atoms with Crippen LogP contribution in [0.3, 0.4) is 0 Å². The zero-order valence-corrected chi connectivity index (χ0v) is 25.1. The van der Waals surface area contributed by atoms with Crippen LogP contribution in [0.25, 0.3) is 0 Å². The minimum Gasteiger partial charge on any atom is -0.414 e. The van der Waals surface area contributed by atoms with Crippen molar-refractivity contribution in [3.8, 4) is 0 Å². The van der Waals surface area contributed by atoms with Gasteiger partial charge in [-0.3, -0.25) is 0 Å². The second kappa shape index (κ2) is 10.7. The predicted molar refractivity (Wildman–Crippen MR) is 138 cm³/mol. The van der Waals surface area contributed by atoms with Crippen LogP contribution in [0.4, 0.5) is 0 Å². The lowest BCUT2D eigenvalue weighted by atomic mass is 10.0. The van der Waals surface area contributed by atoms with Crippen LogP contribution in [-0.4, -0.2) is 47.3 Å². The van der Waals surface area contributed by atoms with Gasteiger partial charge in [0, 0.05) is 6.10 Å². The maximum Gasteiger partial charge on any atom is 0.192 e. The van der Waals surface area contributed by atoms with E-state index >= 15 is 0 Å². The summed E-state index contributed by atoms with van der Waals surface area (Å²) in [6.45, 7) is 30.0. The summed E-state index contributed by atoms with van der Waals surface area (Å²) in [5, 5.41) is 0.482. The Morgan fingerprint density at radius 1 is 0.806 bits per heavy atom. The molecule has 1 aliphatic heterocycles. The first-order valence-corrected chi connectivity index (χ1v) is 18.3. The Bertz CT molecular complexity index is 547. The average Bonchev–Trinajstić information content (AvgIpc) is 2.84. The molecule has 0 aromatic heterocycles. The van der Waals surface area contributed by atoms with Gasteiger partial charge in [-0.25, -0.2) is 0 Å². The first-order valence-electron chi connectivity index (χ1n) is 12.4. The molecule has 0 bridgehead atoms. The Balaban J connectivity index is 2.43. The van der Waals surface area contributed by atoms with Crippen molar-refractivity contribution < 1.29 is 18.3 Å². The highest BCUT2D eigenvalue weighted by Crippen LogP contribution is 2.39. The molecule has 3 atom stereocenters. The van der Waals surface area contributed by atoms with E-state index in [4.69, 9.17) is 18.3 Å². The molecule has 0 spiro atoms. The Kier molecular flexibility index (Phi) is 10.1. The van der Waals surface area contributed by atoms with Crippen LogP contribution >= 0.6 is 0 Å². The van der Waals surface area contributed by atoms with E-state index in [0.717, 1.165) is 19.3 Å². The molecular weight excluding hydrogens is 420 g/mol. The van der Waals surface area contributed by atoms with Gasteiger partial charge in [-0.15, -0.1) is 0 Å². The van der Waals surface area contributed by atoms with Crippen LogP contribution in [0, 0.1) is 0 Å². The lowest BCUT2D eigenvalue weighted by Crippen LogP contribution is -2.44. The van der Waals surface area contributed by atoms with E-state index in [2.05, 4.69) is 74.7 Å². The molecule has 6 heteroatoms. The molecule has 1 fully saturated rings. The van der Waals surface area contributed by atoms with Gasteiger partial charge in [0.2, 0.25) is 0 Å². The summed E-state index contributed by atoms with van der Waals surface area (Å²) < 4.78 is 25.4. The van der Waals surface area contributed by atoms with Crippen molar-refractivity contribution in [1.82, 2.24) is 0 Å². The Labute approximate surface area is 196 Å². The molecule has 0 N–H and O–H groups in total. The molecule has 0 saturated carbocycles. The SMILES string of the molecule is C[C@@H](CCCCC[C@H]1OC(C)(C)O[C@H]1CO[Si](C)(C)C(C)(C)C)O[Si](C)(C)C(C)(C)C. The predicted octanol–water partition coefficient (Wildman–Crippen LogP) is 7.89. The smallest absolute Gasteiger partial charge is 0.192 e. The molecule has 0 unspecified atom stereocenters. The lowest BCUT2D eigenvalue weighted by Gasteiger charge is -2.38. The van der Waals surface area contributed by atoms with Crippen LogP contribution in [0.5, 0.6) is 0 Å². The number of rotatable bonds is 11. The molecule has 1 heterocycles. The van der Waals surface area contributed by atoms with E-state index < -0.39 is 22.4 Å². The fourth-order valence-corrected chi connectivity index (χ4v) is 5.99. The van der Waals surface area contributed by atoms with Crippen LogP contribution in [0.1, 0.15) is 94.4 Å². The van der Waals surface area contributed by atoms with Gasteiger partial charge in [-0.05, 0) is 69.9 Å². The molecule has 0 amide bonds. The molecule has 31 heavy (non-hydrogen) atoms. The van der Waals surface area contributed by atoms with Gasteiger partial charge in [0.15, 0.2) is 22.4 Å². The molecule has 1 saturated heterocycles. The van der Waals surface area contributed by atoms with Crippen molar-refractivity contribution in [2.24, 2.45) is 0 Å². The number of hydrogen-bond donors (Lipinski definition) is 0. The normalized spacial score (nSPS) is 23.9. The van der Waals surface area contributed by atoms with E-state index in [-0.39, 0.29) is 22.3 Å². The van der Waals surface area contributed by atoms with Crippen LogP contribution in [-0.2, 0) is 18.3 Å². The van der Waals surface area contributed by atoms with Crippen molar-refractivity contribution >= 4 is 16.6 Å². The van der Waals surface area contributed by atoms with Crippen molar-refractivity contribution in [3.05, 3.63) is 0 Å². The van der Waals surface area contributed by atoms with Gasteiger partial charge in [-0.1, -0.05) is 60.8 Å². The second-order valence-electron chi connectivity index (χ2n) is 13.1. The molecule has 1 rings (SSSR count). The molecule has 0 radical (unpaired) electrons. The largest absolute Gasteiger partial charge is 0.414 e. The fraction of sp³-hybridized carbons (Fsp3) is 1.00. The molecular formula is C25H54O4Si2. The van der Waals surface area contributed by atoms with E-state index in [1.165, 1.54) is 12.8 Å². The van der Waals surface area contributed by atoms with Crippen LogP contribution in [0.2, 0.25) is 36.3 Å². The first-order chi connectivity index (χ1) is 13.8. The summed E-state index contributed by atoms with van der Waals surface area (Å²) in [6, 6.07) is 0. The highest BCUT2D eigenvalue weighted by molar-refractivity contribution is 6.74. The monoisotopic (exact) mass is 474 g/mol. The van der Waals surface area contributed by atoms with E-state index in [1.807, 2.05) is 13.8 Å². The van der Waals surface area contributed by atoms with E-state index in [9.17, 15) is 0 Å². The number of hydrogen-bond acceptors (Lipinski definition) is 4. The minimum atomic E-state index is -1.78. The van der Waals surface area contributed by atoms with E-state index in [1.54, 1.807) is 0 Å². The third kappa shape index (κ3) is 9.21. The molecule has 0 aromatic rings. The first kappa shape index (κ1) is 29.3. The summed E-state index contributed by atoms with van der Waals surface area (Å²) in [6.07, 6.45) is 6.25. The summed E-state index contributed by atoms with van der Waals surface area (Å²) in [7, 11) is -3.45. The topological polar surface area (TPSA) is 36.9 Å². The van der Waals surface area contributed by atoms with Gasteiger partial charge in [0.05, 0.1) is 12.7 Å². The van der Waals surface area contributed by atoms with Gasteiger partial charge in [0.1, 0.15) is 6.10 Å². The molecule has 4 nitrogen and oxygen atoms in total. The van der Waals surface area contributed by atoms with Crippen molar-refractivity contribution in [3.63, 3.8) is 0 Å². The molecule has 0 aliphatic carbocycles. The highest BCUT2D eigenvalue weighted by Gasteiger charge is 2.44. The van der Waals surface area contributed by atoms with Gasteiger partial charge >= 0.3 is 0 Å². The minimum absolute atomic E-state index is 0.0324. The maximum absolute atomic E-state index is 6.50. The number of ether oxygens (including phenoxy) is 2. The zero-order chi connectivity index (χ0) is 24.3. The summed E-state index contributed by atoms with van der Waals surface area (Å²) in [5.41, 5.74) is 0. The Hall–Kier alpha value is 0.274. The van der Waals surface area contributed by atoms with Crippen molar-refractivity contribution in [1.29, 1.82) is 0 Å². The third-order valence-electron chi connectivity index (χ3n) is 7.60. The second-order valence-corrected chi connectivity index (χ2v) is 22.7. The van der Waals surface area contributed by atoms with Crippen LogP contribution < -0.4 is 0 Å². The molecule has 186 valence electrons. The van der Waals surface area contributed by atoms with Gasteiger partial charge < -0.3 is 18.3 Å². The Morgan fingerprint density at radius 2 is 1.32 bits per heavy atom. The lowest BCUT2D eigenvalue weighted by molar-refractivity contribution is -0.149. The third-order valence-corrected chi connectivity index (χ3v) is 16.7. The van der Waals surface area contributed by atoms with Crippen molar-refractivity contribution in [2.75, 3.05) is 6.61 Å².